The summed E-state index contributed by atoms with van der Waals surface area (Å²) in [5.41, 5.74) is 0.362. The summed E-state index contributed by atoms with van der Waals surface area (Å²) in [6, 6.07) is 0. The van der Waals surface area contributed by atoms with Gasteiger partial charge in [-0.3, -0.25) is 9.59 Å². The molecule has 2 saturated heterocycles. The summed E-state index contributed by atoms with van der Waals surface area (Å²) in [4.78, 5) is 26.4. The normalized spacial score (nSPS) is 51.9. The number of aliphatic carboxylic acids is 1. The molecule has 0 aromatic carbocycles. The van der Waals surface area contributed by atoms with Crippen molar-refractivity contribution in [3.63, 3.8) is 0 Å². The quantitative estimate of drug-likeness (QED) is 0.171. The number of hydrogen-bond donors (Lipinski definition) is 6. The van der Waals surface area contributed by atoms with E-state index in [1.54, 1.807) is 0 Å². The Morgan fingerprint density at radius 3 is 2.23 bits per heavy atom. The van der Waals surface area contributed by atoms with Crippen LogP contribution >= 0.6 is 0 Å². The average molecular weight is 749 g/mol. The van der Waals surface area contributed by atoms with Gasteiger partial charge in [-0.2, -0.15) is 0 Å². The zero-order valence-corrected chi connectivity index (χ0v) is 32.6. The number of fused-ring (bicyclic) bond motifs is 7. The van der Waals surface area contributed by atoms with Crippen LogP contribution in [0.5, 0.6) is 0 Å². The molecule has 0 aromatic heterocycles. The van der Waals surface area contributed by atoms with Gasteiger partial charge in [-0.15, -0.1) is 0 Å². The van der Waals surface area contributed by atoms with E-state index in [9.17, 15) is 40.2 Å². The zero-order chi connectivity index (χ0) is 38.7. The van der Waals surface area contributed by atoms with Crippen molar-refractivity contribution in [2.45, 2.75) is 168 Å². The predicted molar refractivity (Wildman–Crippen MR) is 191 cm³/mol. The minimum atomic E-state index is -1.73. The lowest BCUT2D eigenvalue weighted by Crippen LogP contribution is -2.66. The van der Waals surface area contributed by atoms with Crippen LogP contribution in [0.2, 0.25) is 0 Å². The molecule has 6 fully saturated rings. The molecule has 12 heteroatoms. The van der Waals surface area contributed by atoms with Gasteiger partial charge in [-0.1, -0.05) is 60.1 Å². The largest absolute Gasteiger partial charge is 0.481 e. The number of allylic oxidation sites excluding steroid dienone is 2. The molecule has 2 aliphatic heterocycles. The highest BCUT2D eigenvalue weighted by Crippen LogP contribution is 2.76. The molecule has 2 heterocycles. The molecule has 0 amide bonds. The van der Waals surface area contributed by atoms with Crippen molar-refractivity contribution in [1.82, 2.24) is 0 Å². The summed E-state index contributed by atoms with van der Waals surface area (Å²) >= 11 is 0. The third-order valence-corrected chi connectivity index (χ3v) is 16.7. The van der Waals surface area contributed by atoms with Gasteiger partial charge in [0, 0.05) is 0 Å². The van der Waals surface area contributed by atoms with Crippen LogP contribution in [0.4, 0.5) is 0 Å². The fraction of sp³-hybridized carbons (Fsp3) is 0.902. The number of aliphatic hydroxyl groups is 5. The maximum Gasteiger partial charge on any atom is 0.310 e. The number of carbonyl (C=O) groups excluding carboxylic acids is 1. The Labute approximate surface area is 313 Å². The Bertz CT molecular complexity index is 1480. The summed E-state index contributed by atoms with van der Waals surface area (Å²) in [6.07, 6.45) is -1.18. The lowest BCUT2D eigenvalue weighted by atomic mass is 9.33. The van der Waals surface area contributed by atoms with Crippen LogP contribution in [0.25, 0.3) is 0 Å². The zero-order valence-electron chi connectivity index (χ0n) is 32.6. The van der Waals surface area contributed by atoms with Crippen LogP contribution in [-0.2, 0) is 28.5 Å². The summed E-state index contributed by atoms with van der Waals surface area (Å²) < 4.78 is 24.0. The summed E-state index contributed by atoms with van der Waals surface area (Å²) in [6.45, 7) is 15.5. The number of Topliss-reactive ketones (excluding diaryl/α,β-unsaturated/α-hetero) is 1. The number of carbonyl (C=O) groups is 2. The van der Waals surface area contributed by atoms with Gasteiger partial charge in [0.25, 0.3) is 0 Å². The molecule has 12 nitrogen and oxygen atoms in total. The number of rotatable bonds is 6. The van der Waals surface area contributed by atoms with Gasteiger partial charge in [0.2, 0.25) is 0 Å². The monoisotopic (exact) mass is 748 g/mol. The second kappa shape index (κ2) is 13.3. The first-order chi connectivity index (χ1) is 24.7. The molecule has 300 valence electrons. The SMILES string of the molecule is CC1(C)CCC2(C(=O)O)CCC3(C)C(=CCC4C5(C)CCC(OC6OCC(O)C(=O)C6OC6OC(CO)C(O)C(O)C6O)C(C)(C)C5CCC43C)C2C1. The standard InChI is InChI=1S/C41H64O12/c1-36(2)14-16-41(35(48)49)17-15-39(6)21(22(41)18-36)8-9-26-38(5)12-11-27(37(3,4)25(38)10-13-40(26,39)7)52-34-32(28(44)23(43)20-50-34)53-33-31(47)30(46)29(45)24(19-42)51-33/h8,22-27,29-34,42-43,45-47H,9-20H2,1-7H3,(H,48,49). The molecule has 16 unspecified atom stereocenters. The molecule has 5 aliphatic carbocycles. The van der Waals surface area contributed by atoms with Crippen LogP contribution in [-0.4, -0.2) is 111 Å². The van der Waals surface area contributed by atoms with Gasteiger partial charge in [0.05, 0.1) is 24.7 Å². The van der Waals surface area contributed by atoms with E-state index in [0.29, 0.717) is 12.3 Å². The predicted octanol–water partition coefficient (Wildman–Crippen LogP) is 3.73. The van der Waals surface area contributed by atoms with Crippen molar-refractivity contribution in [3.05, 3.63) is 11.6 Å². The first kappa shape index (κ1) is 39.7. The first-order valence-corrected chi connectivity index (χ1v) is 20.1. The van der Waals surface area contributed by atoms with Crippen molar-refractivity contribution in [3.8, 4) is 0 Å². The van der Waals surface area contributed by atoms with E-state index < -0.39 is 73.0 Å². The smallest absolute Gasteiger partial charge is 0.310 e. The van der Waals surface area contributed by atoms with Gasteiger partial charge in [-0.05, 0) is 109 Å². The minimum absolute atomic E-state index is 0.00224. The average Bonchev–Trinajstić information content (AvgIpc) is 3.08. The lowest BCUT2D eigenvalue weighted by Gasteiger charge is -2.71. The Kier molecular flexibility index (Phi) is 9.97. The fourth-order valence-corrected chi connectivity index (χ4v) is 13.3. The second-order valence-electron chi connectivity index (χ2n) is 20.0. The van der Waals surface area contributed by atoms with E-state index in [0.717, 1.165) is 57.8 Å². The molecular formula is C41H64O12. The van der Waals surface area contributed by atoms with Crippen molar-refractivity contribution < 1.29 is 59.2 Å². The minimum Gasteiger partial charge on any atom is -0.481 e. The maximum atomic E-state index is 13.3. The highest BCUT2D eigenvalue weighted by molar-refractivity contribution is 5.88. The Morgan fingerprint density at radius 1 is 0.849 bits per heavy atom. The fourth-order valence-electron chi connectivity index (χ4n) is 13.3. The number of ether oxygens (including phenoxy) is 4. The van der Waals surface area contributed by atoms with Crippen molar-refractivity contribution in [2.24, 2.45) is 50.2 Å². The number of aliphatic hydroxyl groups excluding tert-OH is 5. The van der Waals surface area contributed by atoms with Crippen LogP contribution in [0.15, 0.2) is 11.6 Å². The molecule has 6 N–H and O–H groups in total. The molecule has 4 saturated carbocycles. The third kappa shape index (κ3) is 5.86. The molecule has 53 heavy (non-hydrogen) atoms. The Morgan fingerprint density at radius 2 is 1.55 bits per heavy atom. The lowest BCUT2D eigenvalue weighted by molar-refractivity contribution is -0.341. The van der Waals surface area contributed by atoms with E-state index in [1.165, 1.54) is 5.57 Å². The van der Waals surface area contributed by atoms with E-state index >= 15 is 0 Å². The molecule has 0 aromatic rings. The number of ketones is 1. The van der Waals surface area contributed by atoms with E-state index in [1.807, 2.05) is 0 Å². The molecule has 16 atom stereocenters. The van der Waals surface area contributed by atoms with Crippen molar-refractivity contribution >= 4 is 11.8 Å². The summed E-state index contributed by atoms with van der Waals surface area (Å²) in [7, 11) is 0. The van der Waals surface area contributed by atoms with E-state index in [4.69, 9.17) is 18.9 Å². The number of hydrogen-bond acceptors (Lipinski definition) is 11. The molecule has 0 bridgehead atoms. The third-order valence-electron chi connectivity index (χ3n) is 16.7. The Balaban J connectivity index is 1.13. The summed E-state index contributed by atoms with van der Waals surface area (Å²) in [5, 5.41) is 62.0. The van der Waals surface area contributed by atoms with E-state index in [-0.39, 0.29) is 51.6 Å². The highest BCUT2D eigenvalue weighted by atomic mass is 16.7. The van der Waals surface area contributed by atoms with E-state index in [2.05, 4.69) is 54.5 Å². The molecule has 7 aliphatic rings. The van der Waals surface area contributed by atoms with Crippen LogP contribution in [0, 0.1) is 50.2 Å². The molecule has 0 spiro atoms. The van der Waals surface area contributed by atoms with Crippen LogP contribution < -0.4 is 0 Å². The van der Waals surface area contributed by atoms with Crippen LogP contribution in [0.1, 0.15) is 113 Å². The van der Waals surface area contributed by atoms with Gasteiger partial charge >= 0.3 is 5.97 Å². The van der Waals surface area contributed by atoms with Gasteiger partial charge < -0.3 is 49.6 Å². The van der Waals surface area contributed by atoms with Crippen molar-refractivity contribution in [1.29, 1.82) is 0 Å². The van der Waals surface area contributed by atoms with Crippen molar-refractivity contribution in [2.75, 3.05) is 13.2 Å². The highest BCUT2D eigenvalue weighted by Gasteiger charge is 2.69. The first-order valence-electron chi connectivity index (χ1n) is 20.1. The van der Waals surface area contributed by atoms with Crippen LogP contribution in [0.3, 0.4) is 0 Å². The topological polar surface area (TPSA) is 192 Å². The number of carboxylic acid groups (broad SMARTS) is 1. The summed E-state index contributed by atoms with van der Waals surface area (Å²) in [5.74, 6) is -0.606. The maximum absolute atomic E-state index is 13.3. The molecular weight excluding hydrogens is 684 g/mol. The van der Waals surface area contributed by atoms with Gasteiger partial charge in [0.1, 0.15) is 30.5 Å². The molecule has 7 rings (SSSR count). The van der Waals surface area contributed by atoms with Gasteiger partial charge in [0.15, 0.2) is 24.5 Å². The van der Waals surface area contributed by atoms with Gasteiger partial charge in [-0.25, -0.2) is 0 Å². The second-order valence-corrected chi connectivity index (χ2v) is 20.0. The Hall–Kier alpha value is -1.48. The molecule has 0 radical (unpaired) electrons. The number of carboxylic acids is 1.